The molecule has 0 saturated heterocycles. The molecule has 3 N–H and O–H groups in total. The Morgan fingerprint density at radius 2 is 1.73 bits per heavy atom. The van der Waals surface area contributed by atoms with Gasteiger partial charge in [-0.1, -0.05) is 6.08 Å². The summed E-state index contributed by atoms with van der Waals surface area (Å²) in [5, 5.41) is 10.9. The molecule has 0 aromatic carbocycles. The van der Waals surface area contributed by atoms with Crippen LogP contribution in [0.4, 0.5) is 0 Å². The Kier molecular flexibility index (Phi) is 3.88. The number of aromatic amines is 2. The molecule has 0 radical (unpaired) electrons. The molecule has 8 nitrogen and oxygen atoms in total. The van der Waals surface area contributed by atoms with E-state index in [9.17, 15) is 0 Å². The zero-order valence-corrected chi connectivity index (χ0v) is 16.1. The van der Waals surface area contributed by atoms with E-state index in [-0.39, 0.29) is 0 Å². The SMILES string of the molecule is C1=C(c2ccc3[nH]nc(-c4nc5c(-c6ccncc6)nccc5[nH]4)c3n2)CCNC1. The van der Waals surface area contributed by atoms with Crippen molar-refractivity contribution in [3.63, 3.8) is 0 Å². The maximum Gasteiger partial charge on any atom is 0.161 e. The standard InChI is InChI=1S/C22H18N8/c1-2-17-20(26-15(1)13-3-8-23-9-4-13)21(30-29-17)22-27-16-7-12-25-18(19(16)28-22)14-5-10-24-11-6-14/h1-3,5-7,10-12,23H,4,8-9H2,(H,27,28)(H,29,30). The summed E-state index contributed by atoms with van der Waals surface area (Å²) in [5.41, 5.74) is 8.13. The van der Waals surface area contributed by atoms with E-state index >= 15 is 0 Å². The van der Waals surface area contributed by atoms with E-state index in [2.05, 4.69) is 36.5 Å². The third-order valence-corrected chi connectivity index (χ3v) is 5.38. The molecule has 5 aromatic rings. The molecule has 8 heteroatoms. The lowest BCUT2D eigenvalue weighted by Crippen LogP contribution is -2.20. The number of imidazole rings is 1. The molecule has 6 heterocycles. The monoisotopic (exact) mass is 394 g/mol. The molecule has 0 atom stereocenters. The fourth-order valence-corrected chi connectivity index (χ4v) is 3.87. The summed E-state index contributed by atoms with van der Waals surface area (Å²) < 4.78 is 0. The van der Waals surface area contributed by atoms with Crippen LogP contribution in [0, 0.1) is 0 Å². The lowest BCUT2D eigenvalue weighted by Gasteiger charge is -2.13. The van der Waals surface area contributed by atoms with E-state index in [4.69, 9.17) is 9.97 Å². The number of hydrogen-bond acceptors (Lipinski definition) is 6. The number of pyridine rings is 3. The predicted molar refractivity (Wildman–Crippen MR) is 115 cm³/mol. The van der Waals surface area contributed by atoms with Gasteiger partial charge in [0, 0.05) is 30.7 Å². The molecule has 0 fully saturated rings. The Balaban J connectivity index is 1.50. The van der Waals surface area contributed by atoms with Crippen molar-refractivity contribution in [2.24, 2.45) is 0 Å². The van der Waals surface area contributed by atoms with Gasteiger partial charge in [-0.05, 0) is 48.9 Å². The number of aromatic nitrogens is 7. The number of nitrogens with one attached hydrogen (secondary N) is 3. The van der Waals surface area contributed by atoms with E-state index in [1.807, 2.05) is 30.3 Å². The Bertz CT molecular complexity index is 1400. The first-order chi connectivity index (χ1) is 14.9. The summed E-state index contributed by atoms with van der Waals surface area (Å²) in [7, 11) is 0. The highest BCUT2D eigenvalue weighted by atomic mass is 15.2. The van der Waals surface area contributed by atoms with Crippen molar-refractivity contribution in [2.45, 2.75) is 6.42 Å². The average Bonchev–Trinajstić information content (AvgIpc) is 3.43. The van der Waals surface area contributed by atoms with Crippen LogP contribution in [0.5, 0.6) is 0 Å². The van der Waals surface area contributed by atoms with Crippen LogP contribution in [0.3, 0.4) is 0 Å². The molecule has 1 aliphatic rings. The highest BCUT2D eigenvalue weighted by molar-refractivity contribution is 5.94. The molecule has 1 aliphatic heterocycles. The fraction of sp³-hybridized carbons (Fsp3) is 0.136. The summed E-state index contributed by atoms with van der Waals surface area (Å²) in [4.78, 5) is 21.8. The maximum absolute atomic E-state index is 4.91. The van der Waals surface area contributed by atoms with Crippen LogP contribution < -0.4 is 5.32 Å². The molecule has 0 aliphatic carbocycles. The molecule has 0 spiro atoms. The first-order valence-corrected chi connectivity index (χ1v) is 9.87. The van der Waals surface area contributed by atoms with Gasteiger partial charge in [0.05, 0.1) is 22.4 Å². The number of nitrogens with zero attached hydrogens (tertiary/aromatic N) is 5. The van der Waals surface area contributed by atoms with E-state index in [1.54, 1.807) is 18.6 Å². The predicted octanol–water partition coefficient (Wildman–Crippen LogP) is 3.33. The van der Waals surface area contributed by atoms with Crippen LogP contribution in [0.25, 0.3) is 50.4 Å². The number of fused-ring (bicyclic) bond motifs is 2. The van der Waals surface area contributed by atoms with Gasteiger partial charge >= 0.3 is 0 Å². The van der Waals surface area contributed by atoms with Crippen LogP contribution in [0.2, 0.25) is 0 Å². The Morgan fingerprint density at radius 1 is 0.833 bits per heavy atom. The van der Waals surface area contributed by atoms with Crippen molar-refractivity contribution < 1.29 is 0 Å². The third kappa shape index (κ3) is 2.77. The molecule has 30 heavy (non-hydrogen) atoms. The van der Waals surface area contributed by atoms with E-state index in [1.165, 1.54) is 5.57 Å². The number of rotatable bonds is 3. The van der Waals surface area contributed by atoms with Gasteiger partial charge < -0.3 is 10.3 Å². The number of H-pyrrole nitrogens is 2. The smallest absolute Gasteiger partial charge is 0.161 e. The minimum atomic E-state index is 0.670. The summed E-state index contributed by atoms with van der Waals surface area (Å²) in [6.45, 7) is 1.85. The zero-order valence-electron chi connectivity index (χ0n) is 16.1. The lowest BCUT2D eigenvalue weighted by atomic mass is 10.1. The third-order valence-electron chi connectivity index (χ3n) is 5.38. The van der Waals surface area contributed by atoms with E-state index in [0.717, 1.165) is 58.5 Å². The normalized spacial score (nSPS) is 14.3. The van der Waals surface area contributed by atoms with Crippen LogP contribution in [-0.2, 0) is 0 Å². The van der Waals surface area contributed by atoms with Crippen LogP contribution in [0.15, 0.2) is 55.0 Å². The molecular weight excluding hydrogens is 376 g/mol. The maximum atomic E-state index is 4.91. The molecule has 0 unspecified atom stereocenters. The quantitative estimate of drug-likeness (QED) is 0.433. The summed E-state index contributed by atoms with van der Waals surface area (Å²) >= 11 is 0. The Morgan fingerprint density at radius 3 is 2.60 bits per heavy atom. The Hall–Kier alpha value is -3.91. The van der Waals surface area contributed by atoms with Gasteiger partial charge in [-0.3, -0.25) is 15.1 Å². The van der Waals surface area contributed by atoms with Gasteiger partial charge in [-0.2, -0.15) is 5.10 Å². The molecule has 0 bridgehead atoms. The lowest BCUT2D eigenvalue weighted by molar-refractivity contribution is 0.737. The van der Waals surface area contributed by atoms with Crippen molar-refractivity contribution in [2.75, 3.05) is 13.1 Å². The average molecular weight is 394 g/mol. The van der Waals surface area contributed by atoms with Crippen molar-refractivity contribution >= 4 is 27.6 Å². The molecule has 6 rings (SSSR count). The molecular formula is C22H18N8. The topological polar surface area (TPSA) is 108 Å². The zero-order chi connectivity index (χ0) is 19.9. The molecule has 5 aromatic heterocycles. The molecule has 0 amide bonds. The fourth-order valence-electron chi connectivity index (χ4n) is 3.87. The molecule has 146 valence electrons. The minimum Gasteiger partial charge on any atom is -0.336 e. The summed E-state index contributed by atoms with van der Waals surface area (Å²) in [5.74, 6) is 0.670. The van der Waals surface area contributed by atoms with E-state index < -0.39 is 0 Å². The van der Waals surface area contributed by atoms with Crippen molar-refractivity contribution in [1.82, 2.24) is 40.4 Å². The minimum absolute atomic E-state index is 0.670. The van der Waals surface area contributed by atoms with Crippen LogP contribution >= 0.6 is 0 Å². The number of hydrogen-bond donors (Lipinski definition) is 3. The first-order valence-electron chi connectivity index (χ1n) is 9.87. The van der Waals surface area contributed by atoms with Gasteiger partial charge in [-0.15, -0.1) is 0 Å². The van der Waals surface area contributed by atoms with Gasteiger partial charge in [0.15, 0.2) is 11.5 Å². The van der Waals surface area contributed by atoms with Gasteiger partial charge in [0.2, 0.25) is 0 Å². The molecule has 0 saturated carbocycles. The second kappa shape index (κ2) is 6.85. The highest BCUT2D eigenvalue weighted by Gasteiger charge is 2.18. The van der Waals surface area contributed by atoms with Crippen molar-refractivity contribution in [3.8, 4) is 22.8 Å². The summed E-state index contributed by atoms with van der Waals surface area (Å²) in [6, 6.07) is 9.86. The van der Waals surface area contributed by atoms with Gasteiger partial charge in [0.25, 0.3) is 0 Å². The Labute approximate surface area is 171 Å². The van der Waals surface area contributed by atoms with Crippen molar-refractivity contribution in [1.29, 1.82) is 0 Å². The van der Waals surface area contributed by atoms with Crippen LogP contribution in [-0.4, -0.2) is 48.2 Å². The van der Waals surface area contributed by atoms with Crippen LogP contribution in [0.1, 0.15) is 12.1 Å². The second-order valence-electron chi connectivity index (χ2n) is 7.23. The van der Waals surface area contributed by atoms with E-state index in [0.29, 0.717) is 11.5 Å². The van der Waals surface area contributed by atoms with Crippen molar-refractivity contribution in [3.05, 3.63) is 60.7 Å². The largest absolute Gasteiger partial charge is 0.336 e. The first kappa shape index (κ1) is 17.0. The highest BCUT2D eigenvalue weighted by Crippen LogP contribution is 2.30. The van der Waals surface area contributed by atoms with Gasteiger partial charge in [0.1, 0.15) is 11.0 Å². The summed E-state index contributed by atoms with van der Waals surface area (Å²) in [6.07, 6.45) is 8.46. The second-order valence-corrected chi connectivity index (χ2v) is 7.23. The van der Waals surface area contributed by atoms with Gasteiger partial charge in [-0.25, -0.2) is 9.97 Å².